The number of hydrazine groups is 1. The average Bonchev–Trinajstić information content (AvgIpc) is 2.43. The molecule has 6 heteroatoms. The summed E-state index contributed by atoms with van der Waals surface area (Å²) in [4.78, 5) is 12.7. The lowest BCUT2D eigenvalue weighted by Crippen LogP contribution is -2.47. The van der Waals surface area contributed by atoms with Crippen molar-refractivity contribution in [2.24, 2.45) is 5.92 Å². The van der Waals surface area contributed by atoms with Crippen molar-refractivity contribution in [1.82, 2.24) is 16.2 Å². The molecule has 0 aromatic heterocycles. The molecule has 0 aliphatic rings. The topological polar surface area (TPSA) is 53.2 Å². The summed E-state index contributed by atoms with van der Waals surface area (Å²) >= 11 is 6.54. The van der Waals surface area contributed by atoms with Crippen LogP contribution in [0.2, 0.25) is 0 Å². The lowest BCUT2D eigenvalue weighted by molar-refractivity contribution is -0.119. The van der Waals surface area contributed by atoms with Gasteiger partial charge in [0.2, 0.25) is 5.91 Å². The van der Waals surface area contributed by atoms with Gasteiger partial charge < -0.3 is 5.32 Å². The van der Waals surface area contributed by atoms with E-state index >= 15 is 0 Å². The van der Waals surface area contributed by atoms with E-state index in [1.807, 2.05) is 30.3 Å². The van der Waals surface area contributed by atoms with Crippen molar-refractivity contribution in [2.45, 2.75) is 25.2 Å². The van der Waals surface area contributed by atoms with Crippen LogP contribution < -0.4 is 16.2 Å². The van der Waals surface area contributed by atoms with Crippen LogP contribution in [0, 0.1) is 5.92 Å². The number of benzene rings is 1. The fourth-order valence-corrected chi connectivity index (χ4v) is 2.22. The minimum atomic E-state index is -0.105. The molecule has 1 rings (SSSR count). The van der Waals surface area contributed by atoms with Crippen molar-refractivity contribution in [3.63, 3.8) is 0 Å². The largest absolute Gasteiger partial charge is 0.361 e. The second-order valence-corrected chi connectivity index (χ2v) is 6.17. The number of rotatable bonds is 6. The normalized spacial score (nSPS) is 10.2. The van der Waals surface area contributed by atoms with E-state index in [1.165, 1.54) is 11.8 Å². The third kappa shape index (κ3) is 8.01. The zero-order chi connectivity index (χ0) is 14.8. The zero-order valence-electron chi connectivity index (χ0n) is 11.8. The van der Waals surface area contributed by atoms with Crippen LogP contribution in [0.15, 0.2) is 35.2 Å². The van der Waals surface area contributed by atoms with E-state index in [0.29, 0.717) is 16.8 Å². The Balaban J connectivity index is 2.12. The van der Waals surface area contributed by atoms with Crippen molar-refractivity contribution in [2.75, 3.05) is 12.3 Å². The molecular formula is C14H21N3OS2. The second kappa shape index (κ2) is 9.61. The number of thioether (sulfide) groups is 1. The predicted molar refractivity (Wildman–Crippen MR) is 88.5 cm³/mol. The minimum Gasteiger partial charge on any atom is -0.361 e. The van der Waals surface area contributed by atoms with E-state index in [1.54, 1.807) is 0 Å². The monoisotopic (exact) mass is 311 g/mol. The molecule has 1 aromatic carbocycles. The van der Waals surface area contributed by atoms with Gasteiger partial charge in [0.05, 0.1) is 5.75 Å². The molecule has 4 nitrogen and oxygen atoms in total. The van der Waals surface area contributed by atoms with E-state index in [-0.39, 0.29) is 5.91 Å². The molecule has 0 fully saturated rings. The highest BCUT2D eigenvalue weighted by Crippen LogP contribution is 2.15. The van der Waals surface area contributed by atoms with E-state index < -0.39 is 0 Å². The highest BCUT2D eigenvalue weighted by molar-refractivity contribution is 8.00. The maximum atomic E-state index is 11.6. The second-order valence-electron chi connectivity index (χ2n) is 4.71. The van der Waals surface area contributed by atoms with Gasteiger partial charge >= 0.3 is 0 Å². The summed E-state index contributed by atoms with van der Waals surface area (Å²) in [6, 6.07) is 9.80. The third-order valence-corrected chi connectivity index (χ3v) is 3.69. The van der Waals surface area contributed by atoms with Crippen molar-refractivity contribution in [3.05, 3.63) is 30.3 Å². The van der Waals surface area contributed by atoms with Crippen LogP contribution >= 0.6 is 24.0 Å². The van der Waals surface area contributed by atoms with Crippen LogP contribution in [0.4, 0.5) is 0 Å². The summed E-state index contributed by atoms with van der Waals surface area (Å²) in [6.45, 7) is 5.11. The number of amides is 1. The van der Waals surface area contributed by atoms with Gasteiger partial charge in [-0.25, -0.2) is 0 Å². The van der Waals surface area contributed by atoms with Crippen LogP contribution in [0.3, 0.4) is 0 Å². The molecule has 0 saturated carbocycles. The Kier molecular flexibility index (Phi) is 8.06. The van der Waals surface area contributed by atoms with Crippen LogP contribution in [0.1, 0.15) is 20.3 Å². The molecule has 110 valence electrons. The number of hydrogen-bond acceptors (Lipinski definition) is 3. The van der Waals surface area contributed by atoms with Crippen LogP contribution in [0.25, 0.3) is 0 Å². The first-order valence-corrected chi connectivity index (χ1v) is 7.98. The predicted octanol–water partition coefficient (Wildman–Crippen LogP) is 2.32. The number of hydrogen-bond donors (Lipinski definition) is 3. The summed E-state index contributed by atoms with van der Waals surface area (Å²) in [5.74, 6) is 0.875. The van der Waals surface area contributed by atoms with Crippen molar-refractivity contribution in [3.8, 4) is 0 Å². The maximum Gasteiger partial charge on any atom is 0.248 e. The average molecular weight is 311 g/mol. The molecule has 0 aliphatic carbocycles. The minimum absolute atomic E-state index is 0.105. The molecular weight excluding hydrogens is 290 g/mol. The Morgan fingerprint density at radius 3 is 2.60 bits per heavy atom. The van der Waals surface area contributed by atoms with Crippen molar-refractivity contribution < 1.29 is 4.79 Å². The number of carbonyl (C=O) groups is 1. The molecule has 0 unspecified atom stereocenters. The van der Waals surface area contributed by atoms with Gasteiger partial charge in [-0.3, -0.25) is 15.6 Å². The van der Waals surface area contributed by atoms with Gasteiger partial charge in [0.15, 0.2) is 5.11 Å². The van der Waals surface area contributed by atoms with Crippen molar-refractivity contribution in [1.29, 1.82) is 0 Å². The standard InChI is InChI=1S/C14H21N3OS2/c1-11(2)8-9-15-14(19)17-16-13(18)10-20-12-6-4-3-5-7-12/h3-7,11H,8-10H2,1-2H3,(H,16,18)(H2,15,17,19). The first-order chi connectivity index (χ1) is 9.58. The van der Waals surface area contributed by atoms with Crippen LogP contribution in [-0.4, -0.2) is 23.3 Å². The Labute approximate surface area is 130 Å². The van der Waals surface area contributed by atoms with Gasteiger partial charge in [-0.05, 0) is 36.7 Å². The third-order valence-electron chi connectivity index (χ3n) is 2.44. The Morgan fingerprint density at radius 1 is 1.25 bits per heavy atom. The molecule has 0 bridgehead atoms. The number of carbonyl (C=O) groups excluding carboxylic acids is 1. The van der Waals surface area contributed by atoms with E-state index in [4.69, 9.17) is 12.2 Å². The summed E-state index contributed by atoms with van der Waals surface area (Å²) < 4.78 is 0. The first kappa shape index (κ1) is 16.8. The summed E-state index contributed by atoms with van der Waals surface area (Å²) in [7, 11) is 0. The zero-order valence-corrected chi connectivity index (χ0v) is 13.4. The lowest BCUT2D eigenvalue weighted by Gasteiger charge is -2.12. The molecule has 0 spiro atoms. The van der Waals surface area contributed by atoms with Crippen LogP contribution in [0.5, 0.6) is 0 Å². The van der Waals surface area contributed by atoms with E-state index in [0.717, 1.165) is 17.9 Å². The van der Waals surface area contributed by atoms with Gasteiger partial charge in [0, 0.05) is 11.4 Å². The molecule has 3 N–H and O–H groups in total. The van der Waals surface area contributed by atoms with Gasteiger partial charge in [-0.15, -0.1) is 11.8 Å². The van der Waals surface area contributed by atoms with Crippen molar-refractivity contribution >= 4 is 35.0 Å². The molecule has 0 aliphatic heterocycles. The van der Waals surface area contributed by atoms with Gasteiger partial charge in [-0.1, -0.05) is 32.0 Å². The highest BCUT2D eigenvalue weighted by atomic mass is 32.2. The van der Waals surface area contributed by atoms with Crippen LogP contribution in [-0.2, 0) is 4.79 Å². The van der Waals surface area contributed by atoms with E-state index in [2.05, 4.69) is 30.0 Å². The lowest BCUT2D eigenvalue weighted by atomic mass is 10.1. The molecule has 1 aromatic rings. The Hall–Kier alpha value is -1.27. The summed E-state index contributed by atoms with van der Waals surface area (Å²) in [5, 5.41) is 3.49. The molecule has 20 heavy (non-hydrogen) atoms. The maximum absolute atomic E-state index is 11.6. The van der Waals surface area contributed by atoms with Gasteiger partial charge in [0.25, 0.3) is 0 Å². The summed E-state index contributed by atoms with van der Waals surface area (Å²) in [5.41, 5.74) is 5.28. The molecule has 1 amide bonds. The van der Waals surface area contributed by atoms with Gasteiger partial charge in [-0.2, -0.15) is 0 Å². The quantitative estimate of drug-likeness (QED) is 0.428. The van der Waals surface area contributed by atoms with E-state index in [9.17, 15) is 4.79 Å². The molecule has 0 heterocycles. The van der Waals surface area contributed by atoms with Gasteiger partial charge in [0.1, 0.15) is 0 Å². The number of thiocarbonyl (C=S) groups is 1. The fourth-order valence-electron chi connectivity index (χ4n) is 1.35. The highest BCUT2D eigenvalue weighted by Gasteiger charge is 2.03. The number of nitrogens with one attached hydrogen (secondary N) is 3. The molecule has 0 saturated heterocycles. The molecule has 0 atom stereocenters. The SMILES string of the molecule is CC(C)CCNC(=S)NNC(=O)CSc1ccccc1. The Morgan fingerprint density at radius 2 is 1.95 bits per heavy atom. The Bertz CT molecular complexity index is 424. The smallest absolute Gasteiger partial charge is 0.248 e. The summed E-state index contributed by atoms with van der Waals surface area (Å²) in [6.07, 6.45) is 1.04. The first-order valence-electron chi connectivity index (χ1n) is 6.58. The molecule has 0 radical (unpaired) electrons. The fraction of sp³-hybridized carbons (Fsp3) is 0.429.